The minimum atomic E-state index is -2.79. The van der Waals surface area contributed by atoms with Crippen LogP contribution in [0.1, 0.15) is 103 Å². The molecule has 0 saturated heterocycles. The molecule has 66 heavy (non-hydrogen) atoms. The number of pyridine rings is 2. The Labute approximate surface area is 419 Å². The maximum absolute atomic E-state index is 11.7. The van der Waals surface area contributed by atoms with Crippen molar-refractivity contribution >= 4 is 27.7 Å². The molecule has 0 saturated carbocycles. The van der Waals surface area contributed by atoms with Gasteiger partial charge in [-0.2, -0.15) is 0 Å². The normalized spacial score (nSPS) is 14.1. The summed E-state index contributed by atoms with van der Waals surface area (Å²) < 4.78 is 82.7. The number of aliphatic hydroxyl groups is 1. The smallest absolute Gasteiger partial charge is 0.162 e. The Kier molecular flexibility index (Phi) is 14.3. The van der Waals surface area contributed by atoms with Crippen molar-refractivity contribution in [3.63, 3.8) is 0 Å². The number of hydrogen-bond donors (Lipinski definition) is 1. The molecule has 0 spiro atoms. The number of fused-ring (bicyclic) bond motifs is 3. The standard InChI is InChI=1S/C36H32NO.C13H24O2.C11H8N.Ir/c1-23-18-25(21-36(3,4)5)14-16-28(23)32-20-33(37-22-24(32)2)31-13-9-12-30-29-17-15-27(19-34(29)38-35(30)31)26-10-7-6-8-11-26;1-5-10(6-2)12(14)9-13(15)11(7-3)8-4;1-2-6-10(7-3-1)11-8-4-5-9-12-11;/h6-12,14-20,22H,21H2,1-5H3;9-11,14H,5-8H2,1-4H3;1-6,8-9H;/q-1;;-1;/b;12-9-;;/i1D3,2D3,16D,21D2;;;. The Morgan fingerprint density at radius 2 is 1.48 bits per heavy atom. The molecule has 0 aliphatic rings. The second-order valence-electron chi connectivity index (χ2n) is 16.9. The average Bonchev–Trinajstić information content (AvgIpc) is 3.75. The number of hydrogen-bond acceptors (Lipinski definition) is 5. The number of aryl methyl sites for hydroxylation is 2. The van der Waals surface area contributed by atoms with Crippen LogP contribution in [0.2, 0.25) is 0 Å². The Bertz CT molecular complexity index is 3160. The Hall–Kier alpha value is -5.94. The van der Waals surface area contributed by atoms with Crippen molar-refractivity contribution in [2.45, 2.75) is 94.2 Å². The maximum atomic E-state index is 11.7. The van der Waals surface area contributed by atoms with E-state index in [9.17, 15) is 9.90 Å². The predicted octanol–water partition coefficient (Wildman–Crippen LogP) is 16.4. The van der Waals surface area contributed by atoms with E-state index >= 15 is 0 Å². The van der Waals surface area contributed by atoms with E-state index in [1.165, 1.54) is 30.5 Å². The molecule has 1 N–H and O–H groups in total. The second kappa shape index (κ2) is 24.0. The zero-order valence-corrected chi connectivity index (χ0v) is 41.1. The van der Waals surface area contributed by atoms with E-state index in [1.807, 2.05) is 125 Å². The molecule has 3 heterocycles. The van der Waals surface area contributed by atoms with Crippen LogP contribution in [0.3, 0.4) is 0 Å². The van der Waals surface area contributed by atoms with Crippen LogP contribution in [0.15, 0.2) is 156 Å². The van der Waals surface area contributed by atoms with Gasteiger partial charge in [0, 0.05) is 66.8 Å². The fraction of sp³-hybridized carbons (Fsp3) is 0.283. The van der Waals surface area contributed by atoms with E-state index in [-0.39, 0.29) is 83.0 Å². The number of benzene rings is 5. The molecule has 8 aromatic rings. The van der Waals surface area contributed by atoms with Crippen LogP contribution >= 0.6 is 0 Å². The largest absolute Gasteiger partial charge is 0.512 e. The zero-order chi connectivity index (χ0) is 54.2. The Morgan fingerprint density at radius 1 is 0.758 bits per heavy atom. The zero-order valence-electron chi connectivity index (χ0n) is 47.8. The molecular weight excluding hydrogens is 989 g/mol. The molecule has 0 aliphatic carbocycles. The van der Waals surface area contributed by atoms with E-state index < -0.39 is 25.5 Å². The number of furan rings is 1. The van der Waals surface area contributed by atoms with Crippen LogP contribution in [0.5, 0.6) is 0 Å². The number of allylic oxidation sites excluding steroid dienone is 2. The minimum absolute atomic E-state index is 0. The van der Waals surface area contributed by atoms with Crippen molar-refractivity contribution in [3.05, 3.63) is 180 Å². The minimum Gasteiger partial charge on any atom is -0.512 e. The molecule has 0 bridgehead atoms. The van der Waals surface area contributed by atoms with E-state index in [0.29, 0.717) is 16.7 Å². The van der Waals surface area contributed by atoms with Crippen LogP contribution in [0, 0.1) is 43.1 Å². The number of ketones is 1. The third-order valence-corrected chi connectivity index (χ3v) is 11.2. The molecule has 0 fully saturated rings. The van der Waals surface area contributed by atoms with Gasteiger partial charge in [-0.05, 0) is 114 Å². The summed E-state index contributed by atoms with van der Waals surface area (Å²) in [6, 6.07) is 43.1. The summed E-state index contributed by atoms with van der Waals surface area (Å²) in [6.07, 6.45) is 5.90. The van der Waals surface area contributed by atoms with E-state index in [0.717, 1.165) is 58.8 Å². The molecule has 0 unspecified atom stereocenters. The monoisotopic (exact) mass is 1060 g/mol. The van der Waals surface area contributed by atoms with Gasteiger partial charge in [0.15, 0.2) is 5.78 Å². The van der Waals surface area contributed by atoms with E-state index in [4.69, 9.17) is 16.8 Å². The third kappa shape index (κ3) is 13.1. The van der Waals surface area contributed by atoms with Gasteiger partial charge >= 0.3 is 0 Å². The maximum Gasteiger partial charge on any atom is 0.162 e. The average molecular weight is 1060 g/mol. The van der Waals surface area contributed by atoms with E-state index in [1.54, 1.807) is 33.0 Å². The van der Waals surface area contributed by atoms with Crippen LogP contribution in [0.4, 0.5) is 0 Å². The summed E-state index contributed by atoms with van der Waals surface area (Å²) in [6.45, 7) is 7.67. The molecule has 343 valence electrons. The molecule has 0 aliphatic heterocycles. The number of carbonyl (C=O) groups excluding carboxylic acids is 1. The van der Waals surface area contributed by atoms with Gasteiger partial charge in [0.25, 0.3) is 0 Å². The molecule has 1 radical (unpaired) electrons. The second-order valence-corrected chi connectivity index (χ2v) is 16.9. The van der Waals surface area contributed by atoms with Gasteiger partial charge in [-0.25, -0.2) is 0 Å². The summed E-state index contributed by atoms with van der Waals surface area (Å²) in [5, 5.41) is 11.4. The quantitative estimate of drug-likeness (QED) is 0.0749. The van der Waals surface area contributed by atoms with Gasteiger partial charge in [0.05, 0.1) is 12.7 Å². The van der Waals surface area contributed by atoms with Crippen molar-refractivity contribution in [1.82, 2.24) is 9.97 Å². The summed E-state index contributed by atoms with van der Waals surface area (Å²) in [5.41, 5.74) is 4.34. The fourth-order valence-electron chi connectivity index (χ4n) is 7.62. The molecular formula is C60H64IrN2O3-2. The van der Waals surface area contributed by atoms with Crippen LogP contribution < -0.4 is 0 Å². The number of aromatic nitrogens is 2. The van der Waals surface area contributed by atoms with Gasteiger partial charge < -0.3 is 19.5 Å². The molecule has 5 nitrogen and oxygen atoms in total. The first-order valence-electron chi connectivity index (χ1n) is 26.9. The van der Waals surface area contributed by atoms with Crippen molar-refractivity contribution in [3.8, 4) is 44.8 Å². The molecule has 0 atom stereocenters. The summed E-state index contributed by atoms with van der Waals surface area (Å²) in [4.78, 5) is 20.4. The predicted molar refractivity (Wildman–Crippen MR) is 272 cm³/mol. The van der Waals surface area contributed by atoms with Crippen molar-refractivity contribution in [1.29, 1.82) is 0 Å². The number of nitrogens with zero attached hydrogens (tertiary/aromatic N) is 2. The van der Waals surface area contributed by atoms with Crippen molar-refractivity contribution in [2.75, 3.05) is 0 Å². The summed E-state index contributed by atoms with van der Waals surface area (Å²) >= 11 is 0. The first-order valence-corrected chi connectivity index (χ1v) is 22.4. The fourth-order valence-corrected chi connectivity index (χ4v) is 7.62. The number of carbonyl (C=O) groups is 1. The van der Waals surface area contributed by atoms with Crippen molar-refractivity contribution in [2.24, 2.45) is 17.3 Å². The first kappa shape index (κ1) is 39.2. The number of aliphatic hydroxyl groups excluding tert-OH is 1. The Balaban J connectivity index is 0.000000302. The summed E-state index contributed by atoms with van der Waals surface area (Å²) in [7, 11) is 0. The third-order valence-electron chi connectivity index (χ3n) is 11.2. The van der Waals surface area contributed by atoms with Crippen LogP contribution in [-0.4, -0.2) is 20.9 Å². The summed E-state index contributed by atoms with van der Waals surface area (Å²) in [5.74, 6) is 0.547. The molecule has 0 amide bonds. The van der Waals surface area contributed by atoms with Crippen molar-refractivity contribution < 1.29 is 46.8 Å². The van der Waals surface area contributed by atoms with Gasteiger partial charge in [0.2, 0.25) is 0 Å². The molecule has 8 rings (SSSR count). The molecule has 5 aromatic carbocycles. The number of rotatable bonds is 12. The van der Waals surface area contributed by atoms with Crippen LogP contribution in [-0.2, 0) is 31.3 Å². The molecule has 3 aromatic heterocycles. The van der Waals surface area contributed by atoms with Gasteiger partial charge in [0.1, 0.15) is 5.58 Å². The van der Waals surface area contributed by atoms with Gasteiger partial charge in [-0.1, -0.05) is 138 Å². The van der Waals surface area contributed by atoms with Gasteiger partial charge in [-0.3, -0.25) is 4.79 Å². The van der Waals surface area contributed by atoms with Gasteiger partial charge in [-0.15, -0.1) is 54.1 Å². The Morgan fingerprint density at radius 3 is 2.14 bits per heavy atom. The van der Waals surface area contributed by atoms with E-state index in [2.05, 4.69) is 22.1 Å². The van der Waals surface area contributed by atoms with Crippen LogP contribution in [0.25, 0.3) is 66.7 Å². The first-order chi connectivity index (χ1) is 34.9. The SMILES string of the molecule is CCC(CC)C(=O)/C=C(\O)C(CC)CC.[2H]c1cc(C([2H])([2H])C(C)(C)C)cc(C([2H])([2H])[2H])c1-c1cc(-c2[c-]ccc3c2oc2cc(-c4ccccc4)ccc23)ncc1C([2H])([2H])[2H].[Ir].[c-]1ccccc1-c1ccccn1. The molecule has 6 heteroatoms. The topological polar surface area (TPSA) is 76.2 Å².